The van der Waals surface area contributed by atoms with Crippen LogP contribution in [-0.2, 0) is 10.0 Å². The Hall–Kier alpha value is -1.31. The van der Waals surface area contributed by atoms with Crippen molar-refractivity contribution in [2.24, 2.45) is 5.14 Å². The number of primary sulfonamides is 1. The van der Waals surface area contributed by atoms with E-state index in [0.29, 0.717) is 10.4 Å². The zero-order chi connectivity index (χ0) is 14.0. The Balaban J connectivity index is 2.20. The summed E-state index contributed by atoms with van der Waals surface area (Å²) in [5.74, 6) is 0.743. The topological polar surface area (TPSA) is 85.3 Å². The summed E-state index contributed by atoms with van der Waals surface area (Å²) in [6, 6.07) is 9.88. The van der Waals surface area contributed by atoms with E-state index >= 15 is 0 Å². The van der Waals surface area contributed by atoms with Crippen molar-refractivity contribution in [3.05, 3.63) is 46.8 Å². The maximum absolute atomic E-state index is 11.3. The molecule has 0 bridgehead atoms. The third-order valence-electron chi connectivity index (χ3n) is 2.57. The van der Waals surface area contributed by atoms with Crippen molar-refractivity contribution >= 4 is 31.6 Å². The largest absolute Gasteiger partial charge is 0.452 e. The first-order valence-electron chi connectivity index (χ1n) is 5.51. The summed E-state index contributed by atoms with van der Waals surface area (Å²) in [4.78, 5) is 0.0744. The highest BCUT2D eigenvalue weighted by Crippen LogP contribution is 2.24. The van der Waals surface area contributed by atoms with Crippen LogP contribution in [0.15, 0.2) is 50.4 Å². The minimum atomic E-state index is -3.69. The molecule has 0 aliphatic heterocycles. The van der Waals surface area contributed by atoms with Crippen molar-refractivity contribution < 1.29 is 12.8 Å². The highest BCUT2D eigenvalue weighted by Gasteiger charge is 2.12. The van der Waals surface area contributed by atoms with E-state index in [0.717, 1.165) is 5.76 Å². The molecule has 0 aliphatic rings. The van der Waals surface area contributed by atoms with Gasteiger partial charge < -0.3 is 9.73 Å². The number of anilines is 1. The summed E-state index contributed by atoms with van der Waals surface area (Å²) >= 11 is 3.23. The second-order valence-electron chi connectivity index (χ2n) is 4.08. The molecule has 1 aromatic heterocycles. The molecule has 0 spiro atoms. The van der Waals surface area contributed by atoms with E-state index in [1.54, 1.807) is 18.2 Å². The van der Waals surface area contributed by atoms with Crippen LogP contribution in [0.5, 0.6) is 0 Å². The van der Waals surface area contributed by atoms with Gasteiger partial charge in [0.15, 0.2) is 4.67 Å². The van der Waals surface area contributed by atoms with Crippen LogP contribution >= 0.6 is 15.9 Å². The van der Waals surface area contributed by atoms with Crippen LogP contribution in [0.25, 0.3) is 0 Å². The Bertz CT molecular complexity index is 682. The maximum Gasteiger partial charge on any atom is 0.238 e. The lowest BCUT2D eigenvalue weighted by atomic mass is 10.2. The van der Waals surface area contributed by atoms with Gasteiger partial charge in [-0.25, -0.2) is 13.6 Å². The molecule has 0 saturated heterocycles. The highest BCUT2D eigenvalue weighted by molar-refractivity contribution is 9.10. The minimum absolute atomic E-state index is 0.0744. The van der Waals surface area contributed by atoms with Gasteiger partial charge >= 0.3 is 0 Å². The lowest BCUT2D eigenvalue weighted by molar-refractivity contribution is 0.471. The average molecular weight is 345 g/mol. The molecule has 19 heavy (non-hydrogen) atoms. The number of furan rings is 1. The van der Waals surface area contributed by atoms with Crippen LogP contribution in [0.2, 0.25) is 0 Å². The van der Waals surface area contributed by atoms with Gasteiger partial charge in [0.1, 0.15) is 5.76 Å². The van der Waals surface area contributed by atoms with Crippen LogP contribution in [0, 0.1) is 0 Å². The minimum Gasteiger partial charge on any atom is -0.452 e. The van der Waals surface area contributed by atoms with Gasteiger partial charge in [0.05, 0.1) is 10.9 Å². The molecule has 2 rings (SSSR count). The molecular formula is C12H13BrN2O3S. The van der Waals surface area contributed by atoms with Crippen LogP contribution in [0.3, 0.4) is 0 Å². The summed E-state index contributed by atoms with van der Waals surface area (Å²) in [6.07, 6.45) is 0. The molecule has 0 amide bonds. The quantitative estimate of drug-likeness (QED) is 0.892. The van der Waals surface area contributed by atoms with Crippen molar-refractivity contribution in [1.82, 2.24) is 0 Å². The van der Waals surface area contributed by atoms with E-state index in [2.05, 4.69) is 21.2 Å². The zero-order valence-electron chi connectivity index (χ0n) is 10.1. The van der Waals surface area contributed by atoms with E-state index in [-0.39, 0.29) is 10.9 Å². The second kappa shape index (κ2) is 5.36. The Kier molecular flexibility index (Phi) is 3.98. The van der Waals surface area contributed by atoms with E-state index in [1.165, 1.54) is 12.1 Å². The zero-order valence-corrected chi connectivity index (χ0v) is 12.5. The van der Waals surface area contributed by atoms with Crippen LogP contribution < -0.4 is 10.5 Å². The average Bonchev–Trinajstić information content (AvgIpc) is 2.75. The highest BCUT2D eigenvalue weighted by atomic mass is 79.9. The van der Waals surface area contributed by atoms with Gasteiger partial charge in [-0.2, -0.15) is 0 Å². The summed E-state index contributed by atoms with van der Waals surface area (Å²) in [5, 5.41) is 8.24. The third-order valence-corrected chi connectivity index (χ3v) is 3.90. The molecular weight excluding hydrogens is 332 g/mol. The van der Waals surface area contributed by atoms with E-state index in [4.69, 9.17) is 9.56 Å². The first-order valence-corrected chi connectivity index (χ1v) is 7.85. The smallest absolute Gasteiger partial charge is 0.238 e. The molecule has 0 radical (unpaired) electrons. The fourth-order valence-corrected chi connectivity index (χ4v) is 2.52. The molecule has 2 aromatic rings. The lowest BCUT2D eigenvalue weighted by Crippen LogP contribution is -2.13. The molecule has 0 aliphatic carbocycles. The number of benzene rings is 1. The normalized spacial score (nSPS) is 13.2. The lowest BCUT2D eigenvalue weighted by Gasteiger charge is -2.13. The molecule has 0 fully saturated rings. The van der Waals surface area contributed by atoms with Gasteiger partial charge in [0.25, 0.3) is 0 Å². The standard InChI is InChI=1S/C12H13BrN2O3S/c1-8(11-5-6-12(13)18-11)15-9-3-2-4-10(7-9)19(14,16)17/h2-8,15H,1H3,(H2,14,16,17). The van der Waals surface area contributed by atoms with Crippen molar-refractivity contribution in [1.29, 1.82) is 0 Å². The number of hydrogen-bond acceptors (Lipinski definition) is 4. The predicted molar refractivity (Wildman–Crippen MR) is 76.3 cm³/mol. The Morgan fingerprint density at radius 1 is 1.32 bits per heavy atom. The number of sulfonamides is 1. The number of rotatable bonds is 4. The van der Waals surface area contributed by atoms with E-state index < -0.39 is 10.0 Å². The molecule has 3 N–H and O–H groups in total. The molecule has 0 saturated carbocycles. The predicted octanol–water partition coefficient (Wildman–Crippen LogP) is 2.86. The van der Waals surface area contributed by atoms with Crippen molar-refractivity contribution in [2.75, 3.05) is 5.32 Å². The molecule has 102 valence electrons. The SMILES string of the molecule is CC(Nc1cccc(S(N)(=O)=O)c1)c1ccc(Br)o1. The summed E-state index contributed by atoms with van der Waals surface area (Å²) in [7, 11) is -3.69. The van der Waals surface area contributed by atoms with Gasteiger partial charge in [0.2, 0.25) is 10.0 Å². The summed E-state index contributed by atoms with van der Waals surface area (Å²) < 4.78 is 28.6. The summed E-state index contributed by atoms with van der Waals surface area (Å²) in [5.41, 5.74) is 0.659. The Morgan fingerprint density at radius 3 is 2.63 bits per heavy atom. The second-order valence-corrected chi connectivity index (χ2v) is 6.42. The monoisotopic (exact) mass is 344 g/mol. The van der Waals surface area contributed by atoms with Crippen LogP contribution in [0.1, 0.15) is 18.7 Å². The number of nitrogens with one attached hydrogen (secondary N) is 1. The first kappa shape index (κ1) is 14.1. The molecule has 1 unspecified atom stereocenters. The van der Waals surface area contributed by atoms with Crippen LogP contribution in [-0.4, -0.2) is 8.42 Å². The maximum atomic E-state index is 11.3. The Morgan fingerprint density at radius 2 is 2.05 bits per heavy atom. The fourth-order valence-electron chi connectivity index (χ4n) is 1.64. The van der Waals surface area contributed by atoms with Crippen LogP contribution in [0.4, 0.5) is 5.69 Å². The molecule has 1 aromatic carbocycles. The van der Waals surface area contributed by atoms with Gasteiger partial charge in [-0.1, -0.05) is 6.07 Å². The fraction of sp³-hybridized carbons (Fsp3) is 0.167. The third kappa shape index (κ3) is 3.59. The van der Waals surface area contributed by atoms with E-state index in [9.17, 15) is 8.42 Å². The number of halogens is 1. The molecule has 1 atom stereocenters. The van der Waals surface area contributed by atoms with E-state index in [1.807, 2.05) is 13.0 Å². The molecule has 7 heteroatoms. The van der Waals surface area contributed by atoms with Crippen molar-refractivity contribution in [2.45, 2.75) is 17.9 Å². The van der Waals surface area contributed by atoms with Gasteiger partial charge in [0, 0.05) is 5.69 Å². The number of nitrogens with two attached hydrogens (primary N) is 1. The first-order chi connectivity index (χ1) is 8.86. The van der Waals surface area contributed by atoms with Crippen molar-refractivity contribution in [3.63, 3.8) is 0 Å². The van der Waals surface area contributed by atoms with Crippen molar-refractivity contribution in [3.8, 4) is 0 Å². The van der Waals surface area contributed by atoms with Gasteiger partial charge in [-0.3, -0.25) is 0 Å². The summed E-state index contributed by atoms with van der Waals surface area (Å²) in [6.45, 7) is 1.91. The van der Waals surface area contributed by atoms with Gasteiger partial charge in [-0.05, 0) is 53.2 Å². The van der Waals surface area contributed by atoms with Gasteiger partial charge in [-0.15, -0.1) is 0 Å². The Labute approximate surface area is 120 Å². The molecule has 5 nitrogen and oxygen atoms in total. The molecule has 1 heterocycles. The number of hydrogen-bond donors (Lipinski definition) is 2.